The van der Waals surface area contributed by atoms with Gasteiger partial charge in [0.05, 0.1) is 0 Å². The number of carbonyl (C=O) groups is 1. The Kier molecular flexibility index (Phi) is 4.40. The van der Waals surface area contributed by atoms with Crippen LogP contribution in [0.15, 0.2) is 41.0 Å². The molecule has 32 heavy (non-hydrogen) atoms. The summed E-state index contributed by atoms with van der Waals surface area (Å²) in [6, 6.07) is 6.31. The number of ether oxygens (including phenoxy) is 2. The summed E-state index contributed by atoms with van der Waals surface area (Å²) in [5.74, 6) is 9.14. The van der Waals surface area contributed by atoms with Gasteiger partial charge in [-0.25, -0.2) is 0 Å². The van der Waals surface area contributed by atoms with Crippen molar-refractivity contribution >= 4 is 5.78 Å². The molecule has 4 aliphatic carbocycles. The zero-order chi connectivity index (χ0) is 22.1. The van der Waals surface area contributed by atoms with E-state index in [0.717, 1.165) is 50.0 Å². The van der Waals surface area contributed by atoms with Gasteiger partial charge < -0.3 is 14.6 Å². The Balaban J connectivity index is 1.54. The molecule has 2 fully saturated rings. The molecule has 6 rings (SSSR count). The van der Waals surface area contributed by atoms with Crippen LogP contribution >= 0.6 is 0 Å². The van der Waals surface area contributed by atoms with Gasteiger partial charge in [0, 0.05) is 17.8 Å². The Morgan fingerprint density at radius 2 is 1.97 bits per heavy atom. The molecule has 0 spiro atoms. The van der Waals surface area contributed by atoms with E-state index in [2.05, 4.69) is 30.9 Å². The quantitative estimate of drug-likeness (QED) is 0.632. The van der Waals surface area contributed by atoms with Crippen LogP contribution in [0.3, 0.4) is 0 Å². The second kappa shape index (κ2) is 6.99. The third kappa shape index (κ3) is 2.70. The lowest BCUT2D eigenvalue weighted by atomic mass is 9.51. The fraction of sp³-hybridized carbons (Fsp3) is 0.536. The zero-order valence-electron chi connectivity index (χ0n) is 18.9. The lowest BCUT2D eigenvalue weighted by molar-refractivity contribution is -0.114. The summed E-state index contributed by atoms with van der Waals surface area (Å²) in [6.45, 7) is 4.36. The number of hydrogen-bond acceptors (Lipinski definition) is 4. The smallest absolute Gasteiger partial charge is 0.231 e. The minimum absolute atomic E-state index is 0.186. The van der Waals surface area contributed by atoms with Crippen molar-refractivity contribution in [3.63, 3.8) is 0 Å². The Morgan fingerprint density at radius 3 is 2.81 bits per heavy atom. The molecule has 0 aromatic heterocycles. The zero-order valence-corrected chi connectivity index (χ0v) is 18.9. The van der Waals surface area contributed by atoms with Crippen LogP contribution in [0.25, 0.3) is 0 Å². The van der Waals surface area contributed by atoms with E-state index < -0.39 is 5.60 Å². The predicted octanol–water partition coefficient (Wildman–Crippen LogP) is 5.07. The molecule has 4 nitrogen and oxygen atoms in total. The Bertz CT molecular complexity index is 1130. The molecular formula is C28H30O4. The van der Waals surface area contributed by atoms with Crippen LogP contribution in [0, 0.1) is 29.1 Å². The molecule has 2 saturated carbocycles. The van der Waals surface area contributed by atoms with Crippen LogP contribution in [0.5, 0.6) is 11.5 Å². The minimum atomic E-state index is -0.949. The number of rotatable bonds is 1. The van der Waals surface area contributed by atoms with Gasteiger partial charge in [-0.1, -0.05) is 24.5 Å². The largest absolute Gasteiger partial charge is 0.454 e. The van der Waals surface area contributed by atoms with Crippen LogP contribution in [0.1, 0.15) is 70.3 Å². The topological polar surface area (TPSA) is 55.8 Å². The molecule has 1 N–H and O–H groups in total. The maximum Gasteiger partial charge on any atom is 0.231 e. The summed E-state index contributed by atoms with van der Waals surface area (Å²) >= 11 is 0. The summed E-state index contributed by atoms with van der Waals surface area (Å²) in [7, 11) is 0. The molecule has 0 radical (unpaired) electrons. The first-order valence-corrected chi connectivity index (χ1v) is 12.0. The van der Waals surface area contributed by atoms with Gasteiger partial charge in [-0.3, -0.25) is 4.79 Å². The second-order valence-corrected chi connectivity index (χ2v) is 10.4. The van der Waals surface area contributed by atoms with Crippen molar-refractivity contribution in [1.82, 2.24) is 0 Å². The molecule has 1 heterocycles. The van der Waals surface area contributed by atoms with E-state index in [9.17, 15) is 9.90 Å². The van der Waals surface area contributed by atoms with Crippen LogP contribution in [-0.2, 0) is 4.79 Å². The van der Waals surface area contributed by atoms with Crippen molar-refractivity contribution in [2.75, 3.05) is 6.79 Å². The first-order chi connectivity index (χ1) is 15.4. The molecule has 0 bridgehead atoms. The van der Waals surface area contributed by atoms with Gasteiger partial charge >= 0.3 is 0 Å². The maximum absolute atomic E-state index is 12.2. The van der Waals surface area contributed by atoms with E-state index in [1.54, 1.807) is 0 Å². The van der Waals surface area contributed by atoms with E-state index >= 15 is 0 Å². The summed E-state index contributed by atoms with van der Waals surface area (Å²) in [6.07, 6.45) is 7.98. The number of allylic oxidation sites excluding steroid dienone is 4. The minimum Gasteiger partial charge on any atom is -0.454 e. The molecular weight excluding hydrogens is 400 g/mol. The van der Waals surface area contributed by atoms with Crippen molar-refractivity contribution in [1.29, 1.82) is 0 Å². The highest BCUT2D eigenvalue weighted by atomic mass is 16.7. The second-order valence-electron chi connectivity index (χ2n) is 10.4. The van der Waals surface area contributed by atoms with E-state index in [1.807, 2.05) is 19.1 Å². The summed E-state index contributed by atoms with van der Waals surface area (Å²) in [5, 5.41) is 11.7. The van der Waals surface area contributed by atoms with Crippen molar-refractivity contribution in [2.24, 2.45) is 17.3 Å². The fourth-order valence-electron chi connectivity index (χ4n) is 7.51. The highest BCUT2D eigenvalue weighted by molar-refractivity contribution is 5.93. The van der Waals surface area contributed by atoms with Crippen molar-refractivity contribution in [3.8, 4) is 23.3 Å². The average Bonchev–Trinajstić information content (AvgIpc) is 3.35. The standard InChI is InChI=1S/C28H30O4/c1-3-11-28(30)12-10-23-21-7-4-17-13-19(29)6-8-20(17)26(21)22(15-27(23,28)2)18-5-9-24-25(14-18)32-16-31-24/h5,9,13-14,21-23,30H,4,6-8,10,12,15-16H2,1-2H3/t21-,22+,23-,27-,28?/m0/s1. The van der Waals surface area contributed by atoms with Gasteiger partial charge in [-0.15, -0.1) is 5.92 Å². The monoisotopic (exact) mass is 430 g/mol. The van der Waals surface area contributed by atoms with Crippen LogP contribution in [0.2, 0.25) is 0 Å². The van der Waals surface area contributed by atoms with E-state index in [1.165, 1.54) is 22.3 Å². The number of carbonyl (C=O) groups excluding carboxylic acids is 1. The first-order valence-electron chi connectivity index (χ1n) is 12.0. The number of aliphatic hydroxyl groups is 1. The molecule has 1 unspecified atom stereocenters. The summed E-state index contributed by atoms with van der Waals surface area (Å²) in [5.41, 5.74) is 4.20. The molecule has 1 aliphatic heterocycles. The fourth-order valence-corrected chi connectivity index (χ4v) is 7.51. The molecule has 5 aliphatic rings. The SMILES string of the molecule is CC#CC1(O)CC[C@H]2[C@@H]3CCC4=CC(=O)CCC4=C3[C@@H](c3ccc4c(c3)OCO4)C[C@@]21C. The lowest BCUT2D eigenvalue weighted by Gasteiger charge is -2.53. The number of benzene rings is 1. The van der Waals surface area contributed by atoms with Crippen LogP contribution in [0.4, 0.5) is 0 Å². The van der Waals surface area contributed by atoms with Gasteiger partial charge in [0.1, 0.15) is 5.60 Å². The molecule has 5 atom stereocenters. The van der Waals surface area contributed by atoms with Gasteiger partial charge in [-0.05, 0) is 92.2 Å². The Labute approximate surface area is 189 Å². The molecule has 166 valence electrons. The summed E-state index contributed by atoms with van der Waals surface area (Å²) in [4.78, 5) is 12.2. The van der Waals surface area contributed by atoms with Crippen molar-refractivity contribution in [2.45, 2.75) is 70.3 Å². The number of ketones is 1. The van der Waals surface area contributed by atoms with Crippen LogP contribution in [-0.4, -0.2) is 23.3 Å². The van der Waals surface area contributed by atoms with Gasteiger partial charge in [0.15, 0.2) is 17.3 Å². The first kappa shape index (κ1) is 20.1. The third-order valence-corrected chi connectivity index (χ3v) is 9.02. The van der Waals surface area contributed by atoms with Gasteiger partial charge in [0.25, 0.3) is 0 Å². The molecule has 0 saturated heterocycles. The van der Waals surface area contributed by atoms with E-state index in [0.29, 0.717) is 18.3 Å². The third-order valence-electron chi connectivity index (χ3n) is 9.02. The average molecular weight is 431 g/mol. The number of hydrogen-bond donors (Lipinski definition) is 1. The lowest BCUT2D eigenvalue weighted by Crippen LogP contribution is -2.51. The number of fused-ring (bicyclic) bond motifs is 5. The molecule has 4 heteroatoms. The maximum atomic E-state index is 12.2. The predicted molar refractivity (Wildman–Crippen MR) is 121 cm³/mol. The molecule has 0 amide bonds. The Hall–Kier alpha value is -2.51. The Morgan fingerprint density at radius 1 is 1.12 bits per heavy atom. The van der Waals surface area contributed by atoms with Crippen molar-refractivity contribution in [3.05, 3.63) is 46.6 Å². The van der Waals surface area contributed by atoms with E-state index in [4.69, 9.17) is 9.47 Å². The molecule has 1 aromatic rings. The normalized spacial score (nSPS) is 37.2. The molecule has 1 aromatic carbocycles. The van der Waals surface area contributed by atoms with Gasteiger partial charge in [-0.2, -0.15) is 0 Å². The van der Waals surface area contributed by atoms with Gasteiger partial charge in [0.2, 0.25) is 6.79 Å². The van der Waals surface area contributed by atoms with Crippen molar-refractivity contribution < 1.29 is 19.4 Å². The summed E-state index contributed by atoms with van der Waals surface area (Å²) < 4.78 is 11.3. The van der Waals surface area contributed by atoms with E-state index in [-0.39, 0.29) is 23.9 Å². The highest BCUT2D eigenvalue weighted by Crippen LogP contribution is 2.66. The van der Waals surface area contributed by atoms with Crippen LogP contribution < -0.4 is 9.47 Å². The highest BCUT2D eigenvalue weighted by Gasteiger charge is 2.62.